The van der Waals surface area contributed by atoms with Gasteiger partial charge in [0.25, 0.3) is 5.89 Å². The first kappa shape index (κ1) is 13.2. The molecule has 0 unspecified atom stereocenters. The summed E-state index contributed by atoms with van der Waals surface area (Å²) in [5.41, 5.74) is 6.53. The number of aryl methyl sites for hydroxylation is 1. The largest absolute Gasteiger partial charge is 0.489 e. The number of hydrogen-bond acceptors (Lipinski definition) is 5. The summed E-state index contributed by atoms with van der Waals surface area (Å²) in [6.07, 6.45) is 0.468. The fraction of sp³-hybridized carbons (Fsp3) is 0.231. The SMILES string of the molecule is Cc1noc(-c2ccc(OC/C(=C/F)CN)cc2)n1. The van der Waals surface area contributed by atoms with Crippen LogP contribution in [0.1, 0.15) is 5.82 Å². The van der Waals surface area contributed by atoms with E-state index < -0.39 is 0 Å². The number of aromatic nitrogens is 2. The summed E-state index contributed by atoms with van der Waals surface area (Å²) in [5.74, 6) is 1.65. The fourth-order valence-electron chi connectivity index (χ4n) is 1.42. The lowest BCUT2D eigenvalue weighted by molar-refractivity contribution is 0.347. The van der Waals surface area contributed by atoms with Gasteiger partial charge in [-0.15, -0.1) is 0 Å². The molecule has 2 N–H and O–H groups in total. The molecule has 0 aliphatic heterocycles. The van der Waals surface area contributed by atoms with E-state index in [1.165, 1.54) is 0 Å². The van der Waals surface area contributed by atoms with E-state index in [0.29, 0.717) is 29.4 Å². The van der Waals surface area contributed by atoms with Gasteiger partial charge in [-0.2, -0.15) is 4.98 Å². The predicted molar refractivity (Wildman–Crippen MR) is 68.2 cm³/mol. The summed E-state index contributed by atoms with van der Waals surface area (Å²) in [7, 11) is 0. The van der Waals surface area contributed by atoms with Crippen LogP contribution in [0, 0.1) is 6.92 Å². The lowest BCUT2D eigenvalue weighted by Crippen LogP contribution is -2.10. The van der Waals surface area contributed by atoms with Gasteiger partial charge in [0.05, 0.1) is 6.33 Å². The summed E-state index contributed by atoms with van der Waals surface area (Å²) in [6, 6.07) is 7.09. The molecule has 0 spiro atoms. The Balaban J connectivity index is 2.02. The molecule has 19 heavy (non-hydrogen) atoms. The van der Waals surface area contributed by atoms with Gasteiger partial charge in [0.1, 0.15) is 12.4 Å². The molecule has 0 aliphatic carbocycles. The van der Waals surface area contributed by atoms with Crippen LogP contribution in [0.3, 0.4) is 0 Å². The summed E-state index contributed by atoms with van der Waals surface area (Å²) in [4.78, 5) is 4.12. The monoisotopic (exact) mass is 263 g/mol. The van der Waals surface area contributed by atoms with E-state index >= 15 is 0 Å². The summed E-state index contributed by atoms with van der Waals surface area (Å²) >= 11 is 0. The van der Waals surface area contributed by atoms with E-state index in [-0.39, 0.29) is 13.2 Å². The molecule has 6 heteroatoms. The first-order chi connectivity index (χ1) is 9.22. The Labute approximate surface area is 109 Å². The Bertz CT molecular complexity index is 564. The van der Waals surface area contributed by atoms with Crippen molar-refractivity contribution in [2.75, 3.05) is 13.2 Å². The molecule has 0 radical (unpaired) electrons. The Kier molecular flexibility index (Phi) is 4.25. The number of halogens is 1. The van der Waals surface area contributed by atoms with Gasteiger partial charge in [-0.25, -0.2) is 4.39 Å². The smallest absolute Gasteiger partial charge is 0.257 e. The van der Waals surface area contributed by atoms with Gasteiger partial charge in [0.15, 0.2) is 5.82 Å². The third kappa shape index (κ3) is 3.38. The minimum Gasteiger partial charge on any atom is -0.489 e. The molecule has 0 amide bonds. The van der Waals surface area contributed by atoms with Gasteiger partial charge in [-0.3, -0.25) is 0 Å². The van der Waals surface area contributed by atoms with Gasteiger partial charge in [0.2, 0.25) is 0 Å². The molecule has 5 nitrogen and oxygen atoms in total. The molecule has 2 aromatic rings. The van der Waals surface area contributed by atoms with Crippen molar-refractivity contribution in [3.63, 3.8) is 0 Å². The molecule has 0 fully saturated rings. The fourth-order valence-corrected chi connectivity index (χ4v) is 1.42. The molecule has 1 heterocycles. The normalized spacial score (nSPS) is 11.6. The first-order valence-electron chi connectivity index (χ1n) is 5.74. The molecule has 0 saturated heterocycles. The van der Waals surface area contributed by atoms with E-state index in [0.717, 1.165) is 5.56 Å². The van der Waals surface area contributed by atoms with E-state index in [2.05, 4.69) is 10.1 Å². The van der Waals surface area contributed by atoms with Crippen LogP contribution in [-0.4, -0.2) is 23.3 Å². The molecule has 100 valence electrons. The quantitative estimate of drug-likeness (QED) is 0.895. The Morgan fingerprint density at radius 1 is 1.42 bits per heavy atom. The first-order valence-corrected chi connectivity index (χ1v) is 5.74. The highest BCUT2D eigenvalue weighted by atomic mass is 19.1. The Morgan fingerprint density at radius 2 is 2.16 bits per heavy atom. The number of benzene rings is 1. The predicted octanol–water partition coefficient (Wildman–Crippen LogP) is 2.24. The van der Waals surface area contributed by atoms with Crippen molar-refractivity contribution in [1.29, 1.82) is 0 Å². The van der Waals surface area contributed by atoms with Gasteiger partial charge >= 0.3 is 0 Å². The lowest BCUT2D eigenvalue weighted by atomic mass is 10.2. The van der Waals surface area contributed by atoms with Crippen molar-refractivity contribution in [1.82, 2.24) is 10.1 Å². The van der Waals surface area contributed by atoms with Gasteiger partial charge < -0.3 is 15.0 Å². The second-order valence-electron chi connectivity index (χ2n) is 3.93. The highest BCUT2D eigenvalue weighted by Gasteiger charge is 2.06. The maximum atomic E-state index is 12.3. The van der Waals surface area contributed by atoms with Crippen LogP contribution in [0.2, 0.25) is 0 Å². The average Bonchev–Trinajstić information content (AvgIpc) is 2.87. The maximum absolute atomic E-state index is 12.3. The summed E-state index contributed by atoms with van der Waals surface area (Å²) < 4.78 is 22.7. The van der Waals surface area contributed by atoms with E-state index in [1.807, 2.05) is 0 Å². The topological polar surface area (TPSA) is 74.2 Å². The Hall–Kier alpha value is -2.21. The van der Waals surface area contributed by atoms with Crippen molar-refractivity contribution in [2.45, 2.75) is 6.92 Å². The van der Waals surface area contributed by atoms with Crippen molar-refractivity contribution >= 4 is 0 Å². The van der Waals surface area contributed by atoms with Crippen LogP contribution in [0.25, 0.3) is 11.5 Å². The second-order valence-corrected chi connectivity index (χ2v) is 3.93. The standard InChI is InChI=1S/C13H14FN3O2/c1-9-16-13(19-17-9)11-2-4-12(5-3-11)18-8-10(6-14)7-15/h2-6H,7-8,15H2,1H3/b10-6+. The summed E-state index contributed by atoms with van der Waals surface area (Å²) in [6.45, 7) is 2.02. The van der Waals surface area contributed by atoms with Crippen LogP contribution < -0.4 is 10.5 Å². The summed E-state index contributed by atoms with van der Waals surface area (Å²) in [5, 5.41) is 3.72. The zero-order valence-electron chi connectivity index (χ0n) is 10.5. The zero-order chi connectivity index (χ0) is 13.7. The highest BCUT2D eigenvalue weighted by molar-refractivity contribution is 5.54. The molecule has 0 saturated carbocycles. The van der Waals surface area contributed by atoms with Crippen molar-refractivity contribution < 1.29 is 13.7 Å². The maximum Gasteiger partial charge on any atom is 0.257 e. The number of rotatable bonds is 5. The van der Waals surface area contributed by atoms with Crippen LogP contribution in [0.15, 0.2) is 40.7 Å². The zero-order valence-corrected chi connectivity index (χ0v) is 10.5. The lowest BCUT2D eigenvalue weighted by Gasteiger charge is -2.07. The minimum absolute atomic E-state index is 0.131. The number of hydrogen-bond donors (Lipinski definition) is 1. The van der Waals surface area contributed by atoms with Gasteiger partial charge in [0, 0.05) is 17.7 Å². The van der Waals surface area contributed by atoms with E-state index in [4.69, 9.17) is 15.0 Å². The third-order valence-electron chi connectivity index (χ3n) is 2.47. The molecule has 2 rings (SSSR count). The number of ether oxygens (including phenoxy) is 1. The van der Waals surface area contributed by atoms with Gasteiger partial charge in [-0.1, -0.05) is 5.16 Å². The number of nitrogens with zero attached hydrogens (tertiary/aromatic N) is 2. The molecule has 0 atom stereocenters. The third-order valence-corrected chi connectivity index (χ3v) is 2.47. The van der Waals surface area contributed by atoms with Crippen molar-refractivity contribution in [3.8, 4) is 17.2 Å². The molecular formula is C13H14FN3O2. The average molecular weight is 263 g/mol. The van der Waals surface area contributed by atoms with E-state index in [1.54, 1.807) is 31.2 Å². The Morgan fingerprint density at radius 3 is 2.68 bits per heavy atom. The molecule has 1 aromatic carbocycles. The molecule has 0 bridgehead atoms. The van der Waals surface area contributed by atoms with Crippen LogP contribution in [-0.2, 0) is 0 Å². The van der Waals surface area contributed by atoms with Gasteiger partial charge in [-0.05, 0) is 31.2 Å². The van der Waals surface area contributed by atoms with Crippen LogP contribution in [0.5, 0.6) is 5.75 Å². The minimum atomic E-state index is 0.131. The van der Waals surface area contributed by atoms with E-state index in [9.17, 15) is 4.39 Å². The molecule has 0 aliphatic rings. The highest BCUT2D eigenvalue weighted by Crippen LogP contribution is 2.21. The second kappa shape index (κ2) is 6.10. The molecular weight excluding hydrogens is 249 g/mol. The van der Waals surface area contributed by atoms with Crippen LogP contribution in [0.4, 0.5) is 4.39 Å². The molecule has 1 aromatic heterocycles. The van der Waals surface area contributed by atoms with Crippen LogP contribution >= 0.6 is 0 Å². The van der Waals surface area contributed by atoms with Crippen molar-refractivity contribution in [2.24, 2.45) is 5.73 Å². The number of nitrogens with two attached hydrogens (primary N) is 1. The van der Waals surface area contributed by atoms with Crippen molar-refractivity contribution in [3.05, 3.63) is 42.0 Å².